The summed E-state index contributed by atoms with van der Waals surface area (Å²) in [5.74, 6) is -3.43. The average Bonchev–Trinajstić information content (AvgIpc) is 3.47. The van der Waals surface area contributed by atoms with E-state index in [2.05, 4.69) is 39.6 Å². The molecule has 5 rings (SSSR count). The molecule has 8 nitrogen and oxygen atoms in total. The van der Waals surface area contributed by atoms with Crippen LogP contribution < -0.4 is 11.1 Å². The van der Waals surface area contributed by atoms with Crippen molar-refractivity contribution in [2.45, 2.75) is 44.6 Å². The van der Waals surface area contributed by atoms with Crippen LogP contribution >= 0.6 is 0 Å². The van der Waals surface area contributed by atoms with E-state index in [0.717, 1.165) is 76.5 Å². The van der Waals surface area contributed by atoms with Crippen LogP contribution in [-0.4, -0.2) is 85.0 Å². The van der Waals surface area contributed by atoms with E-state index in [-0.39, 0.29) is 17.5 Å². The van der Waals surface area contributed by atoms with E-state index in [0.29, 0.717) is 24.9 Å². The largest absolute Gasteiger partial charge is 0.400 e. The first-order valence-corrected chi connectivity index (χ1v) is 15.0. The number of aliphatic hydroxyl groups excluding tert-OH is 1. The summed E-state index contributed by atoms with van der Waals surface area (Å²) in [6.07, 6.45) is 9.35. The number of aldehydes is 1. The minimum absolute atomic E-state index is 0.0470. The molecule has 1 aromatic heterocycles. The van der Waals surface area contributed by atoms with Crippen LogP contribution in [0.2, 0.25) is 0 Å². The van der Waals surface area contributed by atoms with Crippen LogP contribution in [0.15, 0.2) is 42.6 Å². The predicted octanol–water partition coefficient (Wildman–Crippen LogP) is 4.90. The molecule has 240 valence electrons. The molecule has 3 heterocycles. The molecule has 0 spiro atoms. The van der Waals surface area contributed by atoms with Crippen LogP contribution in [0, 0.1) is 23.4 Å². The lowest BCUT2D eigenvalue weighted by molar-refractivity contribution is -0.127. The van der Waals surface area contributed by atoms with Gasteiger partial charge in [0.15, 0.2) is 17.5 Å². The molecule has 3 aromatic rings. The summed E-state index contributed by atoms with van der Waals surface area (Å²) in [6, 6.07) is 8.22. The van der Waals surface area contributed by atoms with Gasteiger partial charge in [-0.25, -0.2) is 13.2 Å². The van der Waals surface area contributed by atoms with Crippen LogP contribution in [0.1, 0.15) is 49.7 Å². The van der Waals surface area contributed by atoms with Crippen LogP contribution in [-0.2, 0) is 9.59 Å². The Morgan fingerprint density at radius 2 is 1.68 bits per heavy atom. The number of halogens is 3. The molecule has 1 unspecified atom stereocenters. The second-order valence-electron chi connectivity index (χ2n) is 11.0. The molecule has 0 aliphatic carbocycles. The van der Waals surface area contributed by atoms with Crippen molar-refractivity contribution in [1.29, 1.82) is 0 Å². The van der Waals surface area contributed by atoms with Gasteiger partial charge in [0.2, 0.25) is 5.91 Å². The molecule has 2 aliphatic rings. The van der Waals surface area contributed by atoms with E-state index in [9.17, 15) is 18.0 Å². The Labute approximate surface area is 257 Å². The maximum Gasteiger partial charge on any atom is 0.246 e. The number of nitrogens with two attached hydrogens (primary N) is 1. The van der Waals surface area contributed by atoms with E-state index < -0.39 is 17.5 Å². The van der Waals surface area contributed by atoms with Crippen molar-refractivity contribution in [2.75, 3.05) is 52.2 Å². The number of carbonyl (C=O) groups is 2. The van der Waals surface area contributed by atoms with Crippen molar-refractivity contribution in [1.82, 2.24) is 14.8 Å². The highest BCUT2D eigenvalue weighted by Gasteiger charge is 2.29. The van der Waals surface area contributed by atoms with Crippen molar-refractivity contribution in [3.8, 4) is 0 Å². The number of amides is 1. The smallest absolute Gasteiger partial charge is 0.246 e. The van der Waals surface area contributed by atoms with Gasteiger partial charge in [0, 0.05) is 68.7 Å². The zero-order valence-corrected chi connectivity index (χ0v) is 25.7. The predicted molar refractivity (Wildman–Crippen MR) is 169 cm³/mol. The molecule has 2 aromatic carbocycles. The summed E-state index contributed by atoms with van der Waals surface area (Å²) in [5, 5.41) is 11.5. The van der Waals surface area contributed by atoms with Gasteiger partial charge < -0.3 is 35.7 Å². The molecule has 1 atom stereocenters. The number of nitrogens with one attached hydrogen (secondary N) is 2. The fourth-order valence-corrected chi connectivity index (χ4v) is 6.00. The normalized spacial score (nSPS) is 17.0. The maximum absolute atomic E-state index is 13.4. The second-order valence-corrected chi connectivity index (χ2v) is 11.0. The summed E-state index contributed by atoms with van der Waals surface area (Å²) >= 11 is 0. The van der Waals surface area contributed by atoms with Gasteiger partial charge in [0.05, 0.1) is 0 Å². The zero-order valence-electron chi connectivity index (χ0n) is 25.7. The van der Waals surface area contributed by atoms with Crippen LogP contribution in [0.25, 0.3) is 17.0 Å². The Bertz CT molecular complexity index is 1370. The fraction of sp³-hybridized carbons (Fsp3) is 0.455. The Kier molecular flexibility index (Phi) is 13.4. The molecule has 0 bridgehead atoms. The SMILES string of the molecule is CC=O.CNc1ccc2[nH]cc(C3CCN(CC(N)C4CCN(C(=O)/C=C/c5cc(F)c(F)c(F)c5)CC4)CC3)c2c1.CO. The number of hydrogen-bond donors (Lipinski definition) is 4. The lowest BCUT2D eigenvalue weighted by atomic mass is 9.87. The van der Waals surface area contributed by atoms with Crippen LogP contribution in [0.3, 0.4) is 0 Å². The highest BCUT2D eigenvalue weighted by atomic mass is 19.2. The van der Waals surface area contributed by atoms with Gasteiger partial charge in [-0.2, -0.15) is 0 Å². The molecule has 5 N–H and O–H groups in total. The lowest BCUT2D eigenvalue weighted by Gasteiger charge is -2.38. The number of rotatable bonds is 7. The molecule has 0 saturated carbocycles. The Morgan fingerprint density at radius 1 is 1.07 bits per heavy atom. The number of aliphatic hydroxyl groups is 1. The van der Waals surface area contributed by atoms with Gasteiger partial charge in [0.1, 0.15) is 6.29 Å². The third kappa shape index (κ3) is 8.93. The number of hydrogen-bond acceptors (Lipinski definition) is 6. The first-order valence-electron chi connectivity index (χ1n) is 15.0. The molecule has 2 saturated heterocycles. The van der Waals surface area contributed by atoms with E-state index in [1.165, 1.54) is 35.5 Å². The highest BCUT2D eigenvalue weighted by Crippen LogP contribution is 2.34. The molecule has 11 heteroatoms. The molecule has 44 heavy (non-hydrogen) atoms. The van der Waals surface area contributed by atoms with E-state index >= 15 is 0 Å². The first kappa shape index (κ1) is 34.8. The number of anilines is 1. The number of likely N-dealkylation sites (tertiary alicyclic amines) is 2. The Morgan fingerprint density at radius 3 is 2.27 bits per heavy atom. The Balaban J connectivity index is 0.000000997. The van der Waals surface area contributed by atoms with E-state index in [1.807, 2.05) is 7.05 Å². The lowest BCUT2D eigenvalue weighted by Crippen LogP contribution is -2.48. The van der Waals surface area contributed by atoms with Gasteiger partial charge in [-0.1, -0.05) is 0 Å². The minimum Gasteiger partial charge on any atom is -0.400 e. The summed E-state index contributed by atoms with van der Waals surface area (Å²) < 4.78 is 40.0. The highest BCUT2D eigenvalue weighted by molar-refractivity contribution is 5.91. The number of aromatic amines is 1. The number of fused-ring (bicyclic) bond motifs is 1. The maximum atomic E-state index is 13.4. The molecule has 2 fully saturated rings. The topological polar surface area (TPSA) is 115 Å². The van der Waals surface area contributed by atoms with Crippen LogP contribution in [0.5, 0.6) is 0 Å². The van der Waals surface area contributed by atoms with Crippen LogP contribution in [0.4, 0.5) is 18.9 Å². The summed E-state index contributed by atoms with van der Waals surface area (Å²) in [5.41, 5.74) is 10.4. The van der Waals surface area contributed by atoms with Crippen molar-refractivity contribution >= 4 is 34.9 Å². The van der Waals surface area contributed by atoms with Crippen molar-refractivity contribution in [2.24, 2.45) is 11.7 Å². The van der Waals surface area contributed by atoms with Crippen molar-refractivity contribution < 1.29 is 27.9 Å². The number of nitrogens with zero attached hydrogens (tertiary/aromatic N) is 2. The molecule has 0 radical (unpaired) electrons. The zero-order chi connectivity index (χ0) is 32.2. The minimum atomic E-state index is -1.51. The summed E-state index contributed by atoms with van der Waals surface area (Å²) in [4.78, 5) is 29.0. The van der Waals surface area contributed by atoms with Gasteiger partial charge in [-0.05, 0) is 105 Å². The second kappa shape index (κ2) is 17.0. The number of carbonyl (C=O) groups excluding carboxylic acids is 2. The van der Waals surface area contributed by atoms with Gasteiger partial charge in [-0.3, -0.25) is 4.79 Å². The van der Waals surface area contributed by atoms with E-state index in [4.69, 9.17) is 15.6 Å². The fourth-order valence-electron chi connectivity index (χ4n) is 6.00. The summed E-state index contributed by atoms with van der Waals surface area (Å²) in [7, 11) is 2.94. The summed E-state index contributed by atoms with van der Waals surface area (Å²) in [6.45, 7) is 5.51. The quantitative estimate of drug-likeness (QED) is 0.171. The molecule has 1 amide bonds. The van der Waals surface area contributed by atoms with Crippen molar-refractivity contribution in [3.05, 3.63) is 71.2 Å². The van der Waals surface area contributed by atoms with Gasteiger partial charge >= 0.3 is 0 Å². The molecule has 2 aliphatic heterocycles. The standard InChI is InChI=1S/C30H36F3N5O.C2H4O.CH4O/c1-35-22-3-4-28-23(16-22)24(17-36-28)20-6-10-37(11-7-20)18-27(34)21-8-12-38(13-9-21)29(39)5-2-19-14-25(31)30(33)26(32)15-19;1-2-3;1-2/h2-5,14-17,20-21,27,35-36H,6-13,18,34H2,1H3;2H,1H3;2H,1H3/b5-2+;;. The van der Waals surface area contributed by atoms with Gasteiger partial charge in [-0.15, -0.1) is 0 Å². The third-order valence-corrected chi connectivity index (χ3v) is 8.38. The monoisotopic (exact) mass is 615 g/mol. The number of benzene rings is 2. The van der Waals surface area contributed by atoms with Gasteiger partial charge in [0.25, 0.3) is 0 Å². The first-order chi connectivity index (χ1) is 21.2. The number of piperidine rings is 2. The third-order valence-electron chi connectivity index (χ3n) is 8.38. The number of aromatic nitrogens is 1. The Hall–Kier alpha value is -3.67. The number of H-pyrrole nitrogens is 1. The molecular weight excluding hydrogens is 571 g/mol. The average molecular weight is 616 g/mol. The van der Waals surface area contributed by atoms with E-state index in [1.54, 1.807) is 4.90 Å². The molecular formula is C33H44F3N5O3. The van der Waals surface area contributed by atoms with Crippen molar-refractivity contribution in [3.63, 3.8) is 0 Å².